The summed E-state index contributed by atoms with van der Waals surface area (Å²) in [5.74, 6) is 0. The number of benzene rings is 4. The van der Waals surface area contributed by atoms with Crippen molar-refractivity contribution >= 4 is 56.1 Å². The fourth-order valence-corrected chi connectivity index (χ4v) is 5.38. The maximum Gasteiger partial charge on any atom is 0.494 e. The highest BCUT2D eigenvalue weighted by Crippen LogP contribution is 2.38. The molecule has 5 heteroatoms. The predicted octanol–water partition coefficient (Wildman–Crippen LogP) is 6.78. The van der Waals surface area contributed by atoms with E-state index in [9.17, 15) is 0 Å². The summed E-state index contributed by atoms with van der Waals surface area (Å²) >= 11 is 0. The summed E-state index contributed by atoms with van der Waals surface area (Å²) in [6, 6.07) is 30.1. The van der Waals surface area contributed by atoms with E-state index in [0.717, 1.165) is 27.6 Å². The smallest absolute Gasteiger partial charge is 0.399 e. The zero-order valence-electron chi connectivity index (χ0n) is 20.9. The zero-order chi connectivity index (χ0) is 24.7. The van der Waals surface area contributed by atoms with E-state index in [4.69, 9.17) is 9.31 Å². The quantitative estimate of drug-likeness (QED) is 0.207. The van der Waals surface area contributed by atoms with Gasteiger partial charge in [-0.3, -0.25) is 4.98 Å². The molecule has 0 spiro atoms. The Labute approximate surface area is 210 Å². The molecular weight excluding hydrogens is 443 g/mol. The minimum absolute atomic E-state index is 0.372. The summed E-state index contributed by atoms with van der Waals surface area (Å²) in [5.41, 5.74) is 4.78. The van der Waals surface area contributed by atoms with Crippen molar-refractivity contribution in [2.24, 2.45) is 0 Å². The number of para-hydroxylation sites is 2. The second-order valence-electron chi connectivity index (χ2n) is 10.8. The Balaban J connectivity index is 1.45. The van der Waals surface area contributed by atoms with E-state index in [1.165, 1.54) is 27.1 Å². The molecule has 1 aliphatic rings. The van der Waals surface area contributed by atoms with Gasteiger partial charge in [-0.2, -0.15) is 0 Å². The molecule has 0 atom stereocenters. The van der Waals surface area contributed by atoms with Gasteiger partial charge in [0.1, 0.15) is 0 Å². The van der Waals surface area contributed by atoms with Crippen LogP contribution < -0.4 is 5.46 Å². The molecule has 1 aliphatic heterocycles. The number of hydrogen-bond acceptors (Lipinski definition) is 3. The first kappa shape index (κ1) is 21.6. The predicted molar refractivity (Wildman–Crippen MR) is 149 cm³/mol. The van der Waals surface area contributed by atoms with Gasteiger partial charge in [0.2, 0.25) is 0 Å². The molecule has 0 radical (unpaired) electrons. The molecule has 4 nitrogen and oxygen atoms in total. The Morgan fingerprint density at radius 3 is 2.17 bits per heavy atom. The van der Waals surface area contributed by atoms with Crippen LogP contribution >= 0.6 is 0 Å². The largest absolute Gasteiger partial charge is 0.494 e. The van der Waals surface area contributed by atoms with Crippen LogP contribution in [0.2, 0.25) is 0 Å². The Kier molecular flexibility index (Phi) is 4.45. The molecule has 176 valence electrons. The number of fused-ring (bicyclic) bond motifs is 6. The molecule has 0 amide bonds. The van der Waals surface area contributed by atoms with Crippen LogP contribution in [0.4, 0.5) is 0 Å². The molecule has 7 rings (SSSR count). The summed E-state index contributed by atoms with van der Waals surface area (Å²) in [5, 5.41) is 5.92. The van der Waals surface area contributed by atoms with Gasteiger partial charge in [0.25, 0.3) is 0 Å². The molecule has 6 aromatic rings. The van der Waals surface area contributed by atoms with Crippen LogP contribution in [-0.4, -0.2) is 27.9 Å². The molecule has 4 aromatic carbocycles. The van der Waals surface area contributed by atoms with E-state index in [0.29, 0.717) is 0 Å². The van der Waals surface area contributed by atoms with Crippen molar-refractivity contribution in [2.75, 3.05) is 0 Å². The van der Waals surface area contributed by atoms with Crippen LogP contribution in [0, 0.1) is 0 Å². The SMILES string of the molecule is CC1(C)OB(c2ccc3c(c2)c2ccccc2n3-c2ccc3cnc4ccccc4c3c2)OC1(C)C. The number of hydrogen-bond donors (Lipinski definition) is 0. The van der Waals surface area contributed by atoms with Gasteiger partial charge in [0.15, 0.2) is 0 Å². The normalized spacial score (nSPS) is 17.1. The second-order valence-corrected chi connectivity index (χ2v) is 10.8. The van der Waals surface area contributed by atoms with Gasteiger partial charge >= 0.3 is 7.12 Å². The molecule has 0 bridgehead atoms. The van der Waals surface area contributed by atoms with Gasteiger partial charge < -0.3 is 13.9 Å². The standard InChI is InChI=1S/C31H27BN2O2/c1-30(2)31(3,4)36-32(35-30)21-14-16-29-26(17-21)24-10-6-8-12-28(24)34(29)22-15-13-20-19-33-27-11-7-5-9-23(27)25(20)18-22/h5-19H,1-4H3. The molecule has 0 saturated carbocycles. The minimum atomic E-state index is -0.388. The van der Waals surface area contributed by atoms with E-state index >= 15 is 0 Å². The Hall–Kier alpha value is -3.67. The van der Waals surface area contributed by atoms with Gasteiger partial charge in [-0.25, -0.2) is 0 Å². The first-order valence-electron chi connectivity index (χ1n) is 12.5. The minimum Gasteiger partial charge on any atom is -0.399 e. The Morgan fingerprint density at radius 2 is 1.36 bits per heavy atom. The van der Waals surface area contributed by atoms with Crippen molar-refractivity contribution in [2.45, 2.75) is 38.9 Å². The first-order valence-corrected chi connectivity index (χ1v) is 12.5. The highest BCUT2D eigenvalue weighted by atomic mass is 16.7. The summed E-state index contributed by atoms with van der Waals surface area (Å²) < 4.78 is 15.1. The van der Waals surface area contributed by atoms with Crippen molar-refractivity contribution in [1.82, 2.24) is 9.55 Å². The highest BCUT2D eigenvalue weighted by molar-refractivity contribution is 6.62. The highest BCUT2D eigenvalue weighted by Gasteiger charge is 2.51. The summed E-state index contributed by atoms with van der Waals surface area (Å²) in [6.07, 6.45) is 1.96. The summed E-state index contributed by atoms with van der Waals surface area (Å²) in [4.78, 5) is 4.64. The third-order valence-corrected chi connectivity index (χ3v) is 8.05. The van der Waals surface area contributed by atoms with Crippen molar-refractivity contribution in [3.05, 3.63) is 91.1 Å². The van der Waals surface area contributed by atoms with Gasteiger partial charge in [-0.15, -0.1) is 0 Å². The molecule has 0 aliphatic carbocycles. The summed E-state index contributed by atoms with van der Waals surface area (Å²) in [6.45, 7) is 8.37. The lowest BCUT2D eigenvalue weighted by Crippen LogP contribution is -2.41. The van der Waals surface area contributed by atoms with Gasteiger partial charge in [-0.1, -0.05) is 54.6 Å². The van der Waals surface area contributed by atoms with E-state index in [2.05, 4.69) is 116 Å². The molecule has 2 aromatic heterocycles. The van der Waals surface area contributed by atoms with Crippen molar-refractivity contribution in [3.8, 4) is 5.69 Å². The zero-order valence-corrected chi connectivity index (χ0v) is 20.9. The number of rotatable bonds is 2. The molecule has 1 saturated heterocycles. The third kappa shape index (κ3) is 3.06. The molecular formula is C31H27BN2O2. The maximum atomic E-state index is 6.36. The van der Waals surface area contributed by atoms with E-state index in [1.807, 2.05) is 12.3 Å². The van der Waals surface area contributed by atoms with Crippen molar-refractivity contribution in [1.29, 1.82) is 0 Å². The lowest BCUT2D eigenvalue weighted by Gasteiger charge is -2.32. The average molecular weight is 470 g/mol. The van der Waals surface area contributed by atoms with Crippen LogP contribution in [0.3, 0.4) is 0 Å². The first-order chi connectivity index (χ1) is 17.3. The van der Waals surface area contributed by atoms with Gasteiger partial charge in [0, 0.05) is 33.4 Å². The fourth-order valence-electron chi connectivity index (χ4n) is 5.38. The van der Waals surface area contributed by atoms with Crippen LogP contribution in [0.5, 0.6) is 0 Å². The summed E-state index contributed by atoms with van der Waals surface area (Å²) in [7, 11) is -0.388. The molecule has 1 fully saturated rings. The Bertz CT molecular complexity index is 1800. The van der Waals surface area contributed by atoms with E-state index in [-0.39, 0.29) is 18.3 Å². The Morgan fingerprint density at radius 1 is 0.667 bits per heavy atom. The molecule has 0 N–H and O–H groups in total. The molecule has 3 heterocycles. The number of pyridine rings is 1. The monoisotopic (exact) mass is 470 g/mol. The van der Waals surface area contributed by atoms with Crippen LogP contribution in [0.25, 0.3) is 49.2 Å². The fraction of sp³-hybridized carbons (Fsp3) is 0.194. The van der Waals surface area contributed by atoms with Crippen LogP contribution in [-0.2, 0) is 9.31 Å². The molecule has 36 heavy (non-hydrogen) atoms. The van der Waals surface area contributed by atoms with Crippen molar-refractivity contribution < 1.29 is 9.31 Å². The maximum absolute atomic E-state index is 6.36. The van der Waals surface area contributed by atoms with Crippen LogP contribution in [0.1, 0.15) is 27.7 Å². The molecule has 0 unspecified atom stereocenters. The third-order valence-electron chi connectivity index (χ3n) is 8.05. The van der Waals surface area contributed by atoms with E-state index in [1.54, 1.807) is 0 Å². The lowest BCUT2D eigenvalue weighted by atomic mass is 9.78. The lowest BCUT2D eigenvalue weighted by molar-refractivity contribution is 0.00578. The van der Waals surface area contributed by atoms with E-state index < -0.39 is 0 Å². The van der Waals surface area contributed by atoms with Crippen LogP contribution in [0.15, 0.2) is 91.1 Å². The van der Waals surface area contributed by atoms with Gasteiger partial charge in [0.05, 0.1) is 27.8 Å². The van der Waals surface area contributed by atoms with Gasteiger partial charge in [-0.05, 0) is 68.9 Å². The average Bonchev–Trinajstić information content (AvgIpc) is 3.32. The topological polar surface area (TPSA) is 36.3 Å². The number of nitrogens with zero attached hydrogens (tertiary/aromatic N) is 2. The number of aromatic nitrogens is 2. The second kappa shape index (κ2) is 7.42. The van der Waals surface area contributed by atoms with Crippen molar-refractivity contribution in [3.63, 3.8) is 0 Å².